The van der Waals surface area contributed by atoms with Gasteiger partial charge in [-0.3, -0.25) is 0 Å². The minimum atomic E-state index is -0.334. The number of alkyl halides is 1. The molecule has 0 amide bonds. The van der Waals surface area contributed by atoms with Crippen LogP contribution in [0.4, 0.5) is 4.39 Å². The van der Waals surface area contributed by atoms with E-state index in [0.717, 1.165) is 5.56 Å². The molecule has 0 fully saturated rings. The van der Waals surface area contributed by atoms with Gasteiger partial charge in [-0.15, -0.1) is 0 Å². The molecule has 0 atom stereocenters. The third-order valence-corrected chi connectivity index (χ3v) is 3.78. The fraction of sp³-hybridized carbons (Fsp3) is 0.200. The lowest BCUT2D eigenvalue weighted by molar-refractivity contribution is 0.301. The van der Waals surface area contributed by atoms with E-state index in [4.69, 9.17) is 21.1 Å². The number of hydrogen-bond donors (Lipinski definition) is 0. The van der Waals surface area contributed by atoms with E-state index in [1.54, 1.807) is 13.2 Å². The van der Waals surface area contributed by atoms with Crippen LogP contribution >= 0.6 is 27.5 Å². The maximum Gasteiger partial charge on any atom is 0.127 e. The van der Waals surface area contributed by atoms with Gasteiger partial charge in [0.1, 0.15) is 23.9 Å². The third-order valence-electron chi connectivity index (χ3n) is 2.81. The maximum absolute atomic E-state index is 13.2. The molecule has 0 unspecified atom stereocenters. The largest absolute Gasteiger partial charge is 0.497 e. The second-order valence-electron chi connectivity index (χ2n) is 4.13. The van der Waals surface area contributed by atoms with Gasteiger partial charge in [0.05, 0.1) is 7.11 Å². The summed E-state index contributed by atoms with van der Waals surface area (Å²) < 4.78 is 24.1. The number of rotatable bonds is 5. The first-order valence-corrected chi connectivity index (χ1v) is 7.43. The van der Waals surface area contributed by atoms with Crippen molar-refractivity contribution in [3.05, 3.63) is 58.4 Å². The van der Waals surface area contributed by atoms with E-state index in [9.17, 15) is 4.39 Å². The average Bonchev–Trinajstić information content (AvgIpc) is 2.47. The SMILES string of the molecule is COc1ccc(CBr)c(OCc2cc(F)ccc2Cl)c1. The molecular weight excluding hydrogens is 347 g/mol. The fourth-order valence-corrected chi connectivity index (χ4v) is 2.35. The van der Waals surface area contributed by atoms with E-state index in [1.807, 2.05) is 12.1 Å². The lowest BCUT2D eigenvalue weighted by atomic mass is 10.2. The Hall–Kier alpha value is -1.26. The van der Waals surface area contributed by atoms with Gasteiger partial charge in [-0.2, -0.15) is 0 Å². The molecule has 5 heteroatoms. The Morgan fingerprint density at radius 3 is 2.65 bits per heavy atom. The summed E-state index contributed by atoms with van der Waals surface area (Å²) in [6, 6.07) is 9.78. The van der Waals surface area contributed by atoms with Crippen LogP contribution in [-0.4, -0.2) is 7.11 Å². The molecule has 0 aliphatic carbocycles. The van der Waals surface area contributed by atoms with Gasteiger partial charge in [-0.05, 0) is 24.3 Å². The van der Waals surface area contributed by atoms with Crippen LogP contribution in [0.15, 0.2) is 36.4 Å². The van der Waals surface area contributed by atoms with Gasteiger partial charge in [0, 0.05) is 27.5 Å². The number of hydrogen-bond acceptors (Lipinski definition) is 2. The summed E-state index contributed by atoms with van der Waals surface area (Å²) in [5.74, 6) is 1.05. The van der Waals surface area contributed by atoms with E-state index < -0.39 is 0 Å². The zero-order valence-electron chi connectivity index (χ0n) is 10.8. The van der Waals surface area contributed by atoms with Crippen molar-refractivity contribution in [3.8, 4) is 11.5 Å². The van der Waals surface area contributed by atoms with Gasteiger partial charge in [0.25, 0.3) is 0 Å². The molecule has 0 saturated heterocycles. The monoisotopic (exact) mass is 358 g/mol. The summed E-state index contributed by atoms with van der Waals surface area (Å²) in [4.78, 5) is 0. The van der Waals surface area contributed by atoms with Crippen LogP contribution in [0.3, 0.4) is 0 Å². The molecule has 0 saturated carbocycles. The summed E-state index contributed by atoms with van der Waals surface area (Å²) in [5.41, 5.74) is 1.59. The van der Waals surface area contributed by atoms with Crippen LogP contribution in [0.2, 0.25) is 5.02 Å². The Morgan fingerprint density at radius 2 is 1.95 bits per heavy atom. The number of ether oxygens (including phenoxy) is 2. The number of halogens is 3. The van der Waals surface area contributed by atoms with Crippen LogP contribution < -0.4 is 9.47 Å². The average molecular weight is 360 g/mol. The van der Waals surface area contributed by atoms with E-state index in [-0.39, 0.29) is 12.4 Å². The molecule has 106 valence electrons. The van der Waals surface area contributed by atoms with Crippen molar-refractivity contribution in [2.75, 3.05) is 7.11 Å². The van der Waals surface area contributed by atoms with Crippen LogP contribution in [0.25, 0.3) is 0 Å². The van der Waals surface area contributed by atoms with Crippen molar-refractivity contribution >= 4 is 27.5 Å². The quantitative estimate of drug-likeness (QED) is 0.702. The minimum Gasteiger partial charge on any atom is -0.497 e. The Morgan fingerprint density at radius 1 is 1.15 bits per heavy atom. The van der Waals surface area contributed by atoms with Crippen molar-refractivity contribution in [1.82, 2.24) is 0 Å². The zero-order chi connectivity index (χ0) is 14.5. The first-order valence-electron chi connectivity index (χ1n) is 5.93. The summed E-state index contributed by atoms with van der Waals surface area (Å²) >= 11 is 9.41. The molecule has 0 aromatic heterocycles. The van der Waals surface area contributed by atoms with E-state index in [0.29, 0.717) is 27.4 Å². The Labute approximate surface area is 130 Å². The Kier molecular flexibility index (Phi) is 5.26. The highest BCUT2D eigenvalue weighted by Gasteiger charge is 2.08. The van der Waals surface area contributed by atoms with Gasteiger partial charge in [0.2, 0.25) is 0 Å². The second kappa shape index (κ2) is 6.95. The van der Waals surface area contributed by atoms with Gasteiger partial charge < -0.3 is 9.47 Å². The molecule has 2 nitrogen and oxygen atoms in total. The molecule has 0 N–H and O–H groups in total. The first-order chi connectivity index (χ1) is 9.63. The molecule has 0 aliphatic rings. The van der Waals surface area contributed by atoms with Crippen LogP contribution in [0.1, 0.15) is 11.1 Å². The van der Waals surface area contributed by atoms with Crippen LogP contribution in [0.5, 0.6) is 11.5 Å². The molecule has 0 spiro atoms. The lowest BCUT2D eigenvalue weighted by Gasteiger charge is -2.12. The van der Waals surface area contributed by atoms with Crippen molar-refractivity contribution in [3.63, 3.8) is 0 Å². The second-order valence-corrected chi connectivity index (χ2v) is 5.10. The topological polar surface area (TPSA) is 18.5 Å². The molecule has 2 aromatic carbocycles. The molecule has 0 bridgehead atoms. The molecule has 20 heavy (non-hydrogen) atoms. The Bertz CT molecular complexity index is 604. The molecular formula is C15H13BrClFO2. The lowest BCUT2D eigenvalue weighted by Crippen LogP contribution is -2.00. The van der Waals surface area contributed by atoms with Gasteiger partial charge >= 0.3 is 0 Å². The molecule has 2 aromatic rings. The molecule has 0 heterocycles. The van der Waals surface area contributed by atoms with Crippen LogP contribution in [-0.2, 0) is 11.9 Å². The summed E-state index contributed by atoms with van der Waals surface area (Å²) in [5, 5.41) is 1.14. The number of methoxy groups -OCH3 is 1. The maximum atomic E-state index is 13.2. The van der Waals surface area contributed by atoms with Crippen molar-refractivity contribution in [2.45, 2.75) is 11.9 Å². The molecule has 2 rings (SSSR count). The van der Waals surface area contributed by atoms with Crippen molar-refractivity contribution in [1.29, 1.82) is 0 Å². The van der Waals surface area contributed by atoms with E-state index in [2.05, 4.69) is 15.9 Å². The summed E-state index contributed by atoms with van der Waals surface area (Å²) in [7, 11) is 1.59. The fourth-order valence-electron chi connectivity index (χ4n) is 1.72. The summed E-state index contributed by atoms with van der Waals surface area (Å²) in [6.45, 7) is 0.198. The molecule has 0 radical (unpaired) electrons. The van der Waals surface area contributed by atoms with Gasteiger partial charge in [-0.1, -0.05) is 33.6 Å². The zero-order valence-corrected chi connectivity index (χ0v) is 13.2. The van der Waals surface area contributed by atoms with Crippen molar-refractivity contribution < 1.29 is 13.9 Å². The normalized spacial score (nSPS) is 10.4. The van der Waals surface area contributed by atoms with E-state index in [1.165, 1.54) is 18.2 Å². The van der Waals surface area contributed by atoms with E-state index >= 15 is 0 Å². The standard InChI is InChI=1S/C15H13BrClFO2/c1-19-13-4-2-10(8-16)15(7-13)20-9-11-6-12(18)3-5-14(11)17/h2-7H,8-9H2,1H3. The van der Waals surface area contributed by atoms with Crippen molar-refractivity contribution in [2.24, 2.45) is 0 Å². The minimum absolute atomic E-state index is 0.198. The third kappa shape index (κ3) is 3.64. The smallest absolute Gasteiger partial charge is 0.127 e. The Balaban J connectivity index is 2.19. The predicted octanol–water partition coefficient (Wildman–Crippen LogP) is 4.96. The highest BCUT2D eigenvalue weighted by molar-refractivity contribution is 9.08. The molecule has 0 aliphatic heterocycles. The predicted molar refractivity (Wildman–Crippen MR) is 81.4 cm³/mol. The first kappa shape index (κ1) is 15.1. The highest BCUT2D eigenvalue weighted by atomic mass is 79.9. The number of benzene rings is 2. The van der Waals surface area contributed by atoms with Crippen LogP contribution in [0, 0.1) is 5.82 Å². The van der Waals surface area contributed by atoms with Gasteiger partial charge in [0.15, 0.2) is 0 Å². The summed E-state index contributed by atoms with van der Waals surface area (Å²) in [6.07, 6.45) is 0. The van der Waals surface area contributed by atoms with Gasteiger partial charge in [-0.25, -0.2) is 4.39 Å². The highest BCUT2D eigenvalue weighted by Crippen LogP contribution is 2.28.